The molecular weight excluding hydrogens is 358 g/mol. The molecule has 2 aromatic carbocycles. The number of nitro benzene ring substituents is 1. The van der Waals surface area contributed by atoms with Gasteiger partial charge in [0, 0.05) is 15.6 Å². The number of hydrogen-bond donors (Lipinski definition) is 0. The van der Waals surface area contributed by atoms with Crippen LogP contribution in [0.5, 0.6) is 5.75 Å². The van der Waals surface area contributed by atoms with Gasteiger partial charge in [-0.25, -0.2) is 0 Å². The van der Waals surface area contributed by atoms with Crippen molar-refractivity contribution in [2.24, 2.45) is 0 Å². The smallest absolute Gasteiger partial charge is 0.277 e. The molecule has 0 saturated carbocycles. The van der Waals surface area contributed by atoms with E-state index in [0.717, 1.165) is 15.6 Å². The molecule has 0 aromatic heterocycles. The van der Waals surface area contributed by atoms with Crippen LogP contribution >= 0.6 is 27.5 Å². The number of nitrogens with zero attached hydrogens (tertiary/aromatic N) is 1. The van der Waals surface area contributed by atoms with E-state index in [0.29, 0.717) is 16.3 Å². The molecule has 0 aliphatic rings. The van der Waals surface area contributed by atoms with E-state index >= 15 is 0 Å². The average Bonchev–Trinajstić information content (AvgIpc) is 2.43. The monoisotopic (exact) mass is 369 g/mol. The molecule has 0 amide bonds. The molecule has 0 aliphatic heterocycles. The van der Waals surface area contributed by atoms with Crippen molar-refractivity contribution in [1.82, 2.24) is 0 Å². The average molecular weight is 371 g/mol. The van der Waals surface area contributed by atoms with Gasteiger partial charge in [0.1, 0.15) is 12.4 Å². The Morgan fingerprint density at radius 3 is 2.43 bits per heavy atom. The third-order valence-electron chi connectivity index (χ3n) is 3.05. The van der Waals surface area contributed by atoms with Crippen LogP contribution in [0.25, 0.3) is 0 Å². The second-order valence-corrected chi connectivity index (χ2v) is 5.92. The Kier molecular flexibility index (Phi) is 4.85. The van der Waals surface area contributed by atoms with Gasteiger partial charge < -0.3 is 4.74 Å². The first-order chi connectivity index (χ1) is 9.88. The molecule has 0 saturated heterocycles. The first kappa shape index (κ1) is 15.8. The Bertz CT molecular complexity index is 680. The Morgan fingerprint density at radius 1 is 1.24 bits per heavy atom. The molecule has 0 N–H and O–H groups in total. The highest BCUT2D eigenvalue weighted by Gasteiger charge is 2.15. The Balaban J connectivity index is 2.22. The number of nitro groups is 1. The van der Waals surface area contributed by atoms with Crippen molar-refractivity contribution < 1.29 is 9.66 Å². The molecule has 6 heteroatoms. The van der Waals surface area contributed by atoms with E-state index in [4.69, 9.17) is 16.3 Å². The Labute approximate surface area is 136 Å². The third kappa shape index (κ3) is 3.74. The van der Waals surface area contributed by atoms with Crippen LogP contribution in [0.3, 0.4) is 0 Å². The maximum atomic E-state index is 11.0. The molecule has 0 bridgehead atoms. The molecule has 0 unspecified atom stereocenters. The van der Waals surface area contributed by atoms with Crippen molar-refractivity contribution in [2.45, 2.75) is 20.5 Å². The number of benzene rings is 2. The summed E-state index contributed by atoms with van der Waals surface area (Å²) in [6, 6.07) is 8.33. The van der Waals surface area contributed by atoms with Crippen LogP contribution in [0.1, 0.15) is 16.7 Å². The van der Waals surface area contributed by atoms with Crippen molar-refractivity contribution in [3.63, 3.8) is 0 Å². The van der Waals surface area contributed by atoms with Gasteiger partial charge in [-0.05, 0) is 49.2 Å². The highest BCUT2D eigenvalue weighted by atomic mass is 79.9. The zero-order valence-corrected chi connectivity index (χ0v) is 13.9. The van der Waals surface area contributed by atoms with Gasteiger partial charge in [-0.1, -0.05) is 27.5 Å². The van der Waals surface area contributed by atoms with E-state index in [1.165, 1.54) is 6.07 Å². The molecule has 2 aromatic rings. The fourth-order valence-corrected chi connectivity index (χ4v) is 2.37. The van der Waals surface area contributed by atoms with Crippen LogP contribution in [0.15, 0.2) is 34.8 Å². The van der Waals surface area contributed by atoms with Crippen molar-refractivity contribution in [3.05, 3.63) is 66.6 Å². The van der Waals surface area contributed by atoms with Crippen LogP contribution in [0.2, 0.25) is 5.02 Å². The number of aryl methyl sites for hydroxylation is 2. The lowest BCUT2D eigenvalue weighted by Gasteiger charge is -2.10. The first-order valence-electron chi connectivity index (χ1n) is 6.21. The van der Waals surface area contributed by atoms with E-state index in [1.807, 2.05) is 26.0 Å². The maximum Gasteiger partial charge on any atom is 0.277 e. The van der Waals surface area contributed by atoms with Crippen LogP contribution in [-0.2, 0) is 6.61 Å². The second kappa shape index (κ2) is 6.45. The maximum absolute atomic E-state index is 11.0. The highest BCUT2D eigenvalue weighted by Crippen LogP contribution is 2.28. The zero-order valence-electron chi connectivity index (χ0n) is 11.5. The lowest BCUT2D eigenvalue weighted by Crippen LogP contribution is -2.01. The van der Waals surface area contributed by atoms with Crippen molar-refractivity contribution in [2.75, 3.05) is 0 Å². The van der Waals surface area contributed by atoms with E-state index in [9.17, 15) is 10.1 Å². The predicted molar refractivity (Wildman–Crippen MR) is 86.1 cm³/mol. The zero-order chi connectivity index (χ0) is 15.6. The van der Waals surface area contributed by atoms with Crippen LogP contribution in [0, 0.1) is 24.0 Å². The summed E-state index contributed by atoms with van der Waals surface area (Å²) in [7, 11) is 0. The highest BCUT2D eigenvalue weighted by molar-refractivity contribution is 9.10. The quantitative estimate of drug-likeness (QED) is 0.548. The summed E-state index contributed by atoms with van der Waals surface area (Å²) in [4.78, 5) is 10.6. The Hall–Kier alpha value is -1.59. The summed E-state index contributed by atoms with van der Waals surface area (Å²) in [5.41, 5.74) is 2.56. The van der Waals surface area contributed by atoms with Crippen LogP contribution in [0.4, 0.5) is 5.69 Å². The molecule has 0 aliphatic carbocycles. The van der Waals surface area contributed by atoms with Crippen molar-refractivity contribution >= 4 is 33.2 Å². The van der Waals surface area contributed by atoms with E-state index < -0.39 is 4.92 Å². The topological polar surface area (TPSA) is 52.4 Å². The van der Waals surface area contributed by atoms with Crippen molar-refractivity contribution in [3.8, 4) is 5.75 Å². The summed E-state index contributed by atoms with van der Waals surface area (Å²) >= 11 is 9.27. The standard InChI is InChI=1S/C15H13BrClNO3/c1-9-5-13(6-10(2)15(9)16)21-8-11-3-4-12(17)7-14(11)18(19)20/h3-7H,8H2,1-2H3. The molecule has 0 radical (unpaired) electrons. The van der Waals surface area contributed by atoms with Gasteiger partial charge in [-0.15, -0.1) is 0 Å². The minimum atomic E-state index is -0.456. The number of ether oxygens (including phenoxy) is 1. The Morgan fingerprint density at radius 2 is 1.86 bits per heavy atom. The van der Waals surface area contributed by atoms with E-state index in [2.05, 4.69) is 15.9 Å². The minimum Gasteiger partial charge on any atom is -0.489 e. The van der Waals surface area contributed by atoms with Gasteiger partial charge >= 0.3 is 0 Å². The SMILES string of the molecule is Cc1cc(OCc2ccc(Cl)cc2[N+](=O)[O-])cc(C)c1Br. The number of hydrogen-bond acceptors (Lipinski definition) is 3. The van der Waals surface area contributed by atoms with E-state index in [-0.39, 0.29) is 12.3 Å². The third-order valence-corrected chi connectivity index (χ3v) is 4.53. The molecule has 0 spiro atoms. The van der Waals surface area contributed by atoms with E-state index in [1.54, 1.807) is 12.1 Å². The van der Waals surface area contributed by atoms with Crippen LogP contribution in [-0.4, -0.2) is 4.92 Å². The van der Waals surface area contributed by atoms with Gasteiger partial charge in [0.25, 0.3) is 5.69 Å². The summed E-state index contributed by atoms with van der Waals surface area (Å²) in [5.74, 6) is 0.678. The minimum absolute atomic E-state index is 0.0342. The second-order valence-electron chi connectivity index (χ2n) is 4.69. The largest absolute Gasteiger partial charge is 0.489 e. The molecule has 2 rings (SSSR count). The molecule has 21 heavy (non-hydrogen) atoms. The molecule has 0 fully saturated rings. The summed E-state index contributed by atoms with van der Waals surface area (Å²) in [5, 5.41) is 11.4. The first-order valence-corrected chi connectivity index (χ1v) is 7.38. The van der Waals surface area contributed by atoms with Gasteiger partial charge in [0.05, 0.1) is 10.5 Å². The fraction of sp³-hybridized carbons (Fsp3) is 0.200. The molecule has 0 heterocycles. The van der Waals surface area contributed by atoms with Gasteiger partial charge in [-0.2, -0.15) is 0 Å². The van der Waals surface area contributed by atoms with Gasteiger partial charge in [0.15, 0.2) is 0 Å². The summed E-state index contributed by atoms with van der Waals surface area (Å²) in [6.45, 7) is 4.05. The number of halogens is 2. The van der Waals surface area contributed by atoms with Crippen LogP contribution < -0.4 is 4.74 Å². The molecule has 110 valence electrons. The lowest BCUT2D eigenvalue weighted by molar-refractivity contribution is -0.385. The lowest BCUT2D eigenvalue weighted by atomic mass is 10.1. The van der Waals surface area contributed by atoms with Gasteiger partial charge in [0.2, 0.25) is 0 Å². The number of rotatable bonds is 4. The normalized spacial score (nSPS) is 10.5. The van der Waals surface area contributed by atoms with Gasteiger partial charge in [-0.3, -0.25) is 10.1 Å². The fourth-order valence-electron chi connectivity index (χ4n) is 1.98. The summed E-state index contributed by atoms with van der Waals surface area (Å²) in [6.07, 6.45) is 0. The predicted octanol–water partition coefficient (Wildman–Crippen LogP) is 5.21. The van der Waals surface area contributed by atoms with Crippen molar-refractivity contribution in [1.29, 1.82) is 0 Å². The molecule has 0 atom stereocenters. The molecule has 4 nitrogen and oxygen atoms in total. The molecular formula is C15H13BrClNO3. The summed E-state index contributed by atoms with van der Waals surface area (Å²) < 4.78 is 6.71.